The van der Waals surface area contributed by atoms with Crippen LogP contribution in [0.4, 0.5) is 0 Å². The second-order valence-electron chi connectivity index (χ2n) is 10.6. The minimum absolute atomic E-state index is 0.726. The zero-order valence-electron chi connectivity index (χ0n) is 23.6. The van der Waals surface area contributed by atoms with Gasteiger partial charge in [0, 0.05) is 5.56 Å². The van der Waals surface area contributed by atoms with E-state index in [9.17, 15) is 0 Å². The van der Waals surface area contributed by atoms with Crippen LogP contribution in [0.2, 0.25) is 0 Å². The summed E-state index contributed by atoms with van der Waals surface area (Å²) in [5.41, 5.74) is 2.33. The summed E-state index contributed by atoms with van der Waals surface area (Å²) in [5, 5.41) is 5.04. The molecule has 0 aliphatic heterocycles. The summed E-state index contributed by atoms with van der Waals surface area (Å²) in [6.07, 6.45) is 15.1. The highest BCUT2D eigenvalue weighted by atomic mass is 16.5. The third kappa shape index (κ3) is 7.76. The summed E-state index contributed by atoms with van der Waals surface area (Å²) in [4.78, 5) is 0. The Morgan fingerprint density at radius 3 is 1.74 bits per heavy atom. The topological polar surface area (TPSA) is 18.5 Å². The lowest BCUT2D eigenvalue weighted by atomic mass is 9.95. The van der Waals surface area contributed by atoms with Crippen LogP contribution in [-0.2, 0) is 0 Å². The van der Waals surface area contributed by atoms with Gasteiger partial charge < -0.3 is 9.47 Å². The van der Waals surface area contributed by atoms with E-state index in [2.05, 4.69) is 86.6 Å². The van der Waals surface area contributed by atoms with Gasteiger partial charge in [0.15, 0.2) is 11.5 Å². The average Bonchev–Trinajstić information content (AvgIpc) is 2.95. The number of para-hydroxylation sites is 1. The van der Waals surface area contributed by atoms with Crippen LogP contribution in [0.25, 0.3) is 32.7 Å². The Morgan fingerprint density at radius 2 is 1.03 bits per heavy atom. The molecule has 0 saturated carbocycles. The normalized spacial score (nSPS) is 11.3. The smallest absolute Gasteiger partial charge is 0.168 e. The van der Waals surface area contributed by atoms with E-state index in [-0.39, 0.29) is 0 Å². The van der Waals surface area contributed by atoms with Crippen molar-refractivity contribution in [2.45, 2.75) is 90.9 Å². The van der Waals surface area contributed by atoms with Crippen LogP contribution < -0.4 is 9.47 Å². The molecule has 202 valence electrons. The minimum Gasteiger partial charge on any atom is -0.490 e. The van der Waals surface area contributed by atoms with Crippen molar-refractivity contribution in [3.63, 3.8) is 0 Å². The lowest BCUT2D eigenvalue weighted by molar-refractivity contribution is 0.259. The van der Waals surface area contributed by atoms with E-state index in [1.165, 1.54) is 91.3 Å². The van der Waals surface area contributed by atoms with Crippen LogP contribution >= 0.6 is 0 Å². The van der Waals surface area contributed by atoms with E-state index in [4.69, 9.17) is 9.47 Å². The van der Waals surface area contributed by atoms with Crippen molar-refractivity contribution in [1.82, 2.24) is 0 Å². The maximum atomic E-state index is 6.55. The Labute approximate surface area is 230 Å². The number of ether oxygens (including phenoxy) is 2. The molecule has 0 heterocycles. The first-order valence-corrected chi connectivity index (χ1v) is 15.1. The van der Waals surface area contributed by atoms with Gasteiger partial charge in [-0.15, -0.1) is 0 Å². The summed E-state index contributed by atoms with van der Waals surface area (Å²) >= 11 is 0. The quantitative estimate of drug-likeness (QED) is 0.104. The number of hydrogen-bond acceptors (Lipinski definition) is 2. The molecular weight excluding hydrogens is 464 g/mol. The molecule has 0 radical (unpaired) electrons. The third-order valence-electron chi connectivity index (χ3n) is 7.52. The van der Waals surface area contributed by atoms with Crippen molar-refractivity contribution in [3.8, 4) is 22.6 Å². The molecule has 0 saturated heterocycles. The molecule has 2 heteroatoms. The van der Waals surface area contributed by atoms with Gasteiger partial charge in [-0.1, -0.05) is 133 Å². The third-order valence-corrected chi connectivity index (χ3v) is 7.52. The lowest BCUT2D eigenvalue weighted by Gasteiger charge is -2.18. The van der Waals surface area contributed by atoms with Gasteiger partial charge in [0.25, 0.3) is 0 Å². The van der Waals surface area contributed by atoms with Crippen LogP contribution in [-0.4, -0.2) is 13.2 Å². The summed E-state index contributed by atoms with van der Waals surface area (Å²) in [5.74, 6) is 1.77. The average molecular weight is 511 g/mol. The summed E-state index contributed by atoms with van der Waals surface area (Å²) in [6, 6.07) is 26.2. The molecule has 38 heavy (non-hydrogen) atoms. The number of benzene rings is 4. The van der Waals surface area contributed by atoms with Crippen molar-refractivity contribution in [2.75, 3.05) is 13.2 Å². The van der Waals surface area contributed by atoms with E-state index in [1.54, 1.807) is 0 Å². The van der Waals surface area contributed by atoms with Gasteiger partial charge in [-0.3, -0.25) is 0 Å². The predicted molar refractivity (Wildman–Crippen MR) is 165 cm³/mol. The minimum atomic E-state index is 0.726. The molecule has 0 aliphatic carbocycles. The molecule has 0 spiro atoms. The molecule has 4 aromatic rings. The SMILES string of the molecule is CCCCCCCCOc1cccc(-c2cccc3cc4ccccc4cc23)c1OCCCCCCCC. The summed E-state index contributed by atoms with van der Waals surface area (Å²) in [6.45, 7) is 6.00. The van der Waals surface area contributed by atoms with Crippen molar-refractivity contribution >= 4 is 21.5 Å². The standard InChI is InChI=1S/C36H46O2/c1-3-5-7-9-11-15-25-37-35-24-18-23-33(36(35)38-26-16-12-10-8-6-4-2)32-22-17-21-31-27-29-19-13-14-20-30(29)28-34(31)32/h13-14,17-24,27-28H,3-12,15-16,25-26H2,1-2H3. The second kappa shape index (κ2) is 15.4. The Bertz CT molecular complexity index is 1260. The van der Waals surface area contributed by atoms with Crippen molar-refractivity contribution in [2.24, 2.45) is 0 Å². The Hall–Kier alpha value is -3.00. The first-order valence-electron chi connectivity index (χ1n) is 15.1. The van der Waals surface area contributed by atoms with Gasteiger partial charge in [-0.2, -0.15) is 0 Å². The molecule has 0 N–H and O–H groups in total. The van der Waals surface area contributed by atoms with Crippen LogP contribution in [0.1, 0.15) is 90.9 Å². The number of rotatable bonds is 17. The largest absolute Gasteiger partial charge is 0.490 e. The van der Waals surface area contributed by atoms with Gasteiger partial charge >= 0.3 is 0 Å². The molecule has 0 aliphatic rings. The van der Waals surface area contributed by atoms with Crippen molar-refractivity contribution in [1.29, 1.82) is 0 Å². The number of unbranched alkanes of at least 4 members (excludes halogenated alkanes) is 10. The maximum Gasteiger partial charge on any atom is 0.168 e. The fraction of sp³-hybridized carbons (Fsp3) is 0.444. The fourth-order valence-corrected chi connectivity index (χ4v) is 5.31. The molecule has 4 aromatic carbocycles. The monoisotopic (exact) mass is 510 g/mol. The number of fused-ring (bicyclic) bond motifs is 2. The Kier molecular flexibility index (Phi) is 11.4. The molecule has 0 unspecified atom stereocenters. The molecule has 2 nitrogen and oxygen atoms in total. The molecule has 0 amide bonds. The molecular formula is C36H46O2. The highest BCUT2D eigenvalue weighted by Crippen LogP contribution is 2.42. The van der Waals surface area contributed by atoms with E-state index in [1.807, 2.05) is 0 Å². The van der Waals surface area contributed by atoms with Gasteiger partial charge in [0.05, 0.1) is 13.2 Å². The molecule has 0 fully saturated rings. The van der Waals surface area contributed by atoms with Gasteiger partial charge in [-0.25, -0.2) is 0 Å². The van der Waals surface area contributed by atoms with Crippen molar-refractivity contribution in [3.05, 3.63) is 72.8 Å². The molecule has 0 bridgehead atoms. The highest BCUT2D eigenvalue weighted by Gasteiger charge is 2.16. The molecule has 0 aromatic heterocycles. The highest BCUT2D eigenvalue weighted by molar-refractivity contribution is 6.05. The van der Waals surface area contributed by atoms with Crippen LogP contribution in [0.15, 0.2) is 72.8 Å². The van der Waals surface area contributed by atoms with Crippen molar-refractivity contribution < 1.29 is 9.47 Å². The van der Waals surface area contributed by atoms with E-state index < -0.39 is 0 Å². The Balaban J connectivity index is 1.57. The van der Waals surface area contributed by atoms with Crippen LogP contribution in [0.3, 0.4) is 0 Å². The van der Waals surface area contributed by atoms with Gasteiger partial charge in [0.1, 0.15) is 0 Å². The van der Waals surface area contributed by atoms with E-state index in [0.717, 1.165) is 43.1 Å². The second-order valence-corrected chi connectivity index (χ2v) is 10.6. The summed E-state index contributed by atoms with van der Waals surface area (Å²) in [7, 11) is 0. The number of hydrogen-bond donors (Lipinski definition) is 0. The van der Waals surface area contributed by atoms with Crippen LogP contribution in [0.5, 0.6) is 11.5 Å². The predicted octanol–water partition coefficient (Wildman–Crippen LogP) is 11.1. The van der Waals surface area contributed by atoms with E-state index >= 15 is 0 Å². The van der Waals surface area contributed by atoms with Crippen LogP contribution in [0, 0.1) is 0 Å². The fourth-order valence-electron chi connectivity index (χ4n) is 5.31. The summed E-state index contributed by atoms with van der Waals surface area (Å²) < 4.78 is 12.9. The zero-order valence-corrected chi connectivity index (χ0v) is 23.6. The van der Waals surface area contributed by atoms with Gasteiger partial charge in [0.2, 0.25) is 0 Å². The molecule has 4 rings (SSSR count). The maximum absolute atomic E-state index is 6.55. The van der Waals surface area contributed by atoms with Gasteiger partial charge in [-0.05, 0) is 58.1 Å². The molecule has 0 atom stereocenters. The first-order chi connectivity index (χ1) is 18.8. The first kappa shape index (κ1) is 28.0. The Morgan fingerprint density at radius 1 is 0.474 bits per heavy atom. The lowest BCUT2D eigenvalue weighted by Crippen LogP contribution is -2.04. The van der Waals surface area contributed by atoms with E-state index in [0.29, 0.717) is 0 Å². The zero-order chi connectivity index (χ0) is 26.4.